The number of hydrogen-bond donors (Lipinski definition) is 2. The Labute approximate surface area is 120 Å². The van der Waals surface area contributed by atoms with Crippen LogP contribution in [0.1, 0.15) is 38.7 Å². The summed E-state index contributed by atoms with van der Waals surface area (Å²) in [5.41, 5.74) is 1.89. The van der Waals surface area contributed by atoms with Crippen molar-refractivity contribution in [3.63, 3.8) is 0 Å². The first kappa shape index (κ1) is 14.9. The van der Waals surface area contributed by atoms with Gasteiger partial charge in [-0.3, -0.25) is 0 Å². The van der Waals surface area contributed by atoms with Gasteiger partial charge in [-0.05, 0) is 49.8 Å². The molecule has 4 nitrogen and oxygen atoms in total. The molecular weight excluding hydrogens is 252 g/mol. The van der Waals surface area contributed by atoms with E-state index in [1.165, 1.54) is 12.8 Å². The SMILES string of the molecule is CCC(C)NC(=O)Nc1cccc(COCC2CC2)c1. The summed E-state index contributed by atoms with van der Waals surface area (Å²) in [6, 6.07) is 7.83. The first-order valence-electron chi connectivity index (χ1n) is 7.41. The summed E-state index contributed by atoms with van der Waals surface area (Å²) in [6.07, 6.45) is 3.53. The Bertz CT molecular complexity index is 444. The molecule has 0 heterocycles. The average molecular weight is 276 g/mol. The van der Waals surface area contributed by atoms with Crippen molar-refractivity contribution in [3.8, 4) is 0 Å². The normalized spacial score (nSPS) is 15.7. The standard InChI is InChI=1S/C16H24N2O2/c1-3-12(2)17-16(19)18-15-6-4-5-14(9-15)11-20-10-13-7-8-13/h4-6,9,12-13H,3,7-8,10-11H2,1-2H3,(H2,17,18,19). The molecule has 0 aromatic heterocycles. The lowest BCUT2D eigenvalue weighted by molar-refractivity contribution is 0.111. The van der Waals surface area contributed by atoms with Crippen LogP contribution in [0.4, 0.5) is 10.5 Å². The Hall–Kier alpha value is -1.55. The van der Waals surface area contributed by atoms with Crippen molar-refractivity contribution in [1.29, 1.82) is 0 Å². The zero-order chi connectivity index (χ0) is 14.4. The van der Waals surface area contributed by atoms with E-state index in [9.17, 15) is 4.79 Å². The molecule has 0 saturated heterocycles. The van der Waals surface area contributed by atoms with Crippen LogP contribution >= 0.6 is 0 Å². The minimum absolute atomic E-state index is 0.157. The lowest BCUT2D eigenvalue weighted by Gasteiger charge is -2.13. The topological polar surface area (TPSA) is 50.4 Å². The van der Waals surface area contributed by atoms with Gasteiger partial charge in [0.05, 0.1) is 6.61 Å². The van der Waals surface area contributed by atoms with Crippen LogP contribution in [0, 0.1) is 5.92 Å². The van der Waals surface area contributed by atoms with Crippen LogP contribution in [0.25, 0.3) is 0 Å². The predicted molar refractivity (Wildman–Crippen MR) is 80.7 cm³/mol. The minimum Gasteiger partial charge on any atom is -0.376 e. The summed E-state index contributed by atoms with van der Waals surface area (Å²) in [5, 5.41) is 5.74. The lowest BCUT2D eigenvalue weighted by Crippen LogP contribution is -2.35. The predicted octanol–water partition coefficient (Wildman–Crippen LogP) is 3.53. The fourth-order valence-corrected chi connectivity index (χ4v) is 1.86. The van der Waals surface area contributed by atoms with Gasteiger partial charge in [-0.2, -0.15) is 0 Å². The maximum Gasteiger partial charge on any atom is 0.319 e. The van der Waals surface area contributed by atoms with Crippen LogP contribution in [-0.4, -0.2) is 18.7 Å². The van der Waals surface area contributed by atoms with Crippen molar-refractivity contribution < 1.29 is 9.53 Å². The van der Waals surface area contributed by atoms with Crippen molar-refractivity contribution >= 4 is 11.7 Å². The Balaban J connectivity index is 1.79. The maximum absolute atomic E-state index is 11.8. The number of rotatable bonds is 7. The molecule has 20 heavy (non-hydrogen) atoms. The Morgan fingerprint density at radius 3 is 2.95 bits per heavy atom. The number of ether oxygens (including phenoxy) is 1. The first-order valence-corrected chi connectivity index (χ1v) is 7.41. The van der Waals surface area contributed by atoms with Crippen molar-refractivity contribution in [2.75, 3.05) is 11.9 Å². The molecule has 110 valence electrons. The highest BCUT2D eigenvalue weighted by Crippen LogP contribution is 2.29. The molecule has 1 aliphatic carbocycles. The number of urea groups is 1. The Morgan fingerprint density at radius 1 is 1.45 bits per heavy atom. The number of hydrogen-bond acceptors (Lipinski definition) is 2. The van der Waals surface area contributed by atoms with E-state index in [1.807, 2.05) is 38.1 Å². The van der Waals surface area contributed by atoms with Crippen LogP contribution in [0.15, 0.2) is 24.3 Å². The molecule has 1 aliphatic rings. The van der Waals surface area contributed by atoms with E-state index in [0.29, 0.717) is 6.61 Å². The number of anilines is 1. The van der Waals surface area contributed by atoms with Gasteiger partial charge < -0.3 is 15.4 Å². The molecule has 1 aromatic rings. The third-order valence-electron chi connectivity index (χ3n) is 3.49. The van der Waals surface area contributed by atoms with Crippen molar-refractivity contribution in [2.45, 2.75) is 45.8 Å². The highest BCUT2D eigenvalue weighted by Gasteiger charge is 2.21. The van der Waals surface area contributed by atoms with Crippen LogP contribution in [0.5, 0.6) is 0 Å². The molecule has 4 heteroatoms. The van der Waals surface area contributed by atoms with E-state index in [2.05, 4.69) is 10.6 Å². The highest BCUT2D eigenvalue weighted by molar-refractivity contribution is 5.89. The van der Waals surface area contributed by atoms with E-state index in [4.69, 9.17) is 4.74 Å². The van der Waals surface area contributed by atoms with E-state index in [1.54, 1.807) is 0 Å². The Kier molecular flexibility index (Phi) is 5.41. The first-order chi connectivity index (χ1) is 9.67. The molecule has 0 radical (unpaired) electrons. The number of carbonyl (C=O) groups excluding carboxylic acids is 1. The molecule has 1 atom stereocenters. The zero-order valence-electron chi connectivity index (χ0n) is 12.3. The monoisotopic (exact) mass is 276 g/mol. The molecule has 2 amide bonds. The smallest absolute Gasteiger partial charge is 0.319 e. The molecule has 0 spiro atoms. The van der Waals surface area contributed by atoms with Gasteiger partial charge in [-0.15, -0.1) is 0 Å². The van der Waals surface area contributed by atoms with Crippen LogP contribution in [-0.2, 0) is 11.3 Å². The molecule has 1 unspecified atom stereocenters. The lowest BCUT2D eigenvalue weighted by atomic mass is 10.2. The molecule has 2 N–H and O–H groups in total. The number of amides is 2. The quantitative estimate of drug-likeness (QED) is 0.800. The molecule has 0 aliphatic heterocycles. The van der Waals surface area contributed by atoms with Gasteiger partial charge in [0.25, 0.3) is 0 Å². The molecular formula is C16H24N2O2. The number of nitrogens with one attached hydrogen (secondary N) is 2. The molecule has 1 aromatic carbocycles. The minimum atomic E-state index is -0.157. The fraction of sp³-hybridized carbons (Fsp3) is 0.562. The van der Waals surface area contributed by atoms with E-state index in [-0.39, 0.29) is 12.1 Å². The van der Waals surface area contributed by atoms with Crippen molar-refractivity contribution in [1.82, 2.24) is 5.32 Å². The average Bonchev–Trinajstić information content (AvgIpc) is 3.23. The summed E-state index contributed by atoms with van der Waals surface area (Å²) in [7, 11) is 0. The molecule has 1 fully saturated rings. The van der Waals surface area contributed by atoms with E-state index >= 15 is 0 Å². The molecule has 2 rings (SSSR count). The summed E-state index contributed by atoms with van der Waals surface area (Å²) in [6.45, 7) is 5.50. The van der Waals surface area contributed by atoms with Crippen LogP contribution < -0.4 is 10.6 Å². The van der Waals surface area contributed by atoms with Gasteiger partial charge >= 0.3 is 6.03 Å². The second-order valence-electron chi connectivity index (χ2n) is 5.57. The van der Waals surface area contributed by atoms with Crippen LogP contribution in [0.3, 0.4) is 0 Å². The molecule has 1 saturated carbocycles. The van der Waals surface area contributed by atoms with Gasteiger partial charge in [-0.25, -0.2) is 4.79 Å². The Morgan fingerprint density at radius 2 is 2.25 bits per heavy atom. The summed E-state index contributed by atoms with van der Waals surface area (Å²) in [4.78, 5) is 11.8. The highest BCUT2D eigenvalue weighted by atomic mass is 16.5. The maximum atomic E-state index is 11.8. The van der Waals surface area contributed by atoms with Gasteiger partial charge in [0.1, 0.15) is 0 Å². The van der Waals surface area contributed by atoms with Gasteiger partial charge in [0.15, 0.2) is 0 Å². The third kappa shape index (κ3) is 5.21. The summed E-state index contributed by atoms with van der Waals surface area (Å²) < 4.78 is 5.66. The summed E-state index contributed by atoms with van der Waals surface area (Å²) in [5.74, 6) is 0.776. The van der Waals surface area contributed by atoms with Gasteiger partial charge in [0.2, 0.25) is 0 Å². The third-order valence-corrected chi connectivity index (χ3v) is 3.49. The van der Waals surface area contributed by atoms with Crippen LogP contribution in [0.2, 0.25) is 0 Å². The van der Waals surface area contributed by atoms with Crippen molar-refractivity contribution in [2.24, 2.45) is 5.92 Å². The van der Waals surface area contributed by atoms with E-state index < -0.39 is 0 Å². The van der Waals surface area contributed by atoms with Gasteiger partial charge in [-0.1, -0.05) is 19.1 Å². The van der Waals surface area contributed by atoms with Crippen molar-refractivity contribution in [3.05, 3.63) is 29.8 Å². The van der Waals surface area contributed by atoms with Gasteiger partial charge in [0, 0.05) is 18.3 Å². The second-order valence-corrected chi connectivity index (χ2v) is 5.57. The van der Waals surface area contributed by atoms with E-state index in [0.717, 1.165) is 30.2 Å². The molecule has 0 bridgehead atoms. The number of benzene rings is 1. The zero-order valence-corrected chi connectivity index (χ0v) is 12.3. The number of carbonyl (C=O) groups is 1. The fourth-order valence-electron chi connectivity index (χ4n) is 1.86. The second kappa shape index (κ2) is 7.29. The summed E-state index contributed by atoms with van der Waals surface area (Å²) >= 11 is 0. The largest absolute Gasteiger partial charge is 0.376 e.